The fourth-order valence-electron chi connectivity index (χ4n) is 2.87. The molecule has 1 aromatic heterocycles. The second-order valence-corrected chi connectivity index (χ2v) is 5.65. The Kier molecular flexibility index (Phi) is 5.54. The number of amides is 1. The Balaban J connectivity index is 2.63. The molecule has 0 aliphatic heterocycles. The second kappa shape index (κ2) is 7.60. The van der Waals surface area contributed by atoms with Crippen molar-refractivity contribution < 1.29 is 4.79 Å². The van der Waals surface area contributed by atoms with Crippen LogP contribution in [0.5, 0.6) is 0 Å². The van der Waals surface area contributed by atoms with E-state index in [0.29, 0.717) is 5.56 Å². The van der Waals surface area contributed by atoms with Gasteiger partial charge < -0.3 is 11.1 Å². The van der Waals surface area contributed by atoms with E-state index in [2.05, 4.69) is 30.2 Å². The number of rotatable bonds is 5. The summed E-state index contributed by atoms with van der Waals surface area (Å²) in [6.45, 7) is 5.62. The molecule has 5 nitrogen and oxygen atoms in total. The number of nitrogens with zero attached hydrogens (tertiary/aromatic N) is 2. The molecular formula is C19H22N4O. The zero-order valence-corrected chi connectivity index (χ0v) is 14.3. The number of nitrogen functional groups attached to an aromatic ring is 1. The summed E-state index contributed by atoms with van der Waals surface area (Å²) >= 11 is 0. The Morgan fingerprint density at radius 2 is 1.96 bits per heavy atom. The number of nitriles is 1. The summed E-state index contributed by atoms with van der Waals surface area (Å²) < 4.78 is 0. The number of carbonyl (C=O) groups excluding carboxylic acids is 1. The first-order valence-electron chi connectivity index (χ1n) is 8.11. The quantitative estimate of drug-likeness (QED) is 0.878. The predicted octanol–water partition coefficient (Wildman–Crippen LogP) is 3.68. The Morgan fingerprint density at radius 1 is 1.29 bits per heavy atom. The standard InChI is InChI=1S/C19H22N4O/c1-4-6-17-15(5-2)18(16(11-20)19(21)23-17)13-7-9-14(10-8-13)22-12(3)24/h7-10H,4-6H2,1-3H3,(H2,21,23)(H,22,24). The van der Waals surface area contributed by atoms with Crippen LogP contribution in [-0.2, 0) is 17.6 Å². The summed E-state index contributed by atoms with van der Waals surface area (Å²) in [5.74, 6) is 0.159. The fraction of sp³-hybridized carbons (Fsp3) is 0.316. The Morgan fingerprint density at radius 3 is 2.46 bits per heavy atom. The third kappa shape index (κ3) is 3.54. The maximum atomic E-state index is 11.2. The van der Waals surface area contributed by atoms with Gasteiger partial charge in [0.25, 0.3) is 0 Å². The van der Waals surface area contributed by atoms with Gasteiger partial charge in [-0.3, -0.25) is 4.79 Å². The third-order valence-corrected chi connectivity index (χ3v) is 3.86. The van der Waals surface area contributed by atoms with E-state index in [0.717, 1.165) is 47.3 Å². The zero-order chi connectivity index (χ0) is 17.7. The maximum absolute atomic E-state index is 11.2. The Bertz CT molecular complexity index is 788. The molecule has 0 fully saturated rings. The summed E-state index contributed by atoms with van der Waals surface area (Å²) in [5, 5.41) is 12.3. The maximum Gasteiger partial charge on any atom is 0.221 e. The number of aryl methyl sites for hydroxylation is 1. The predicted molar refractivity (Wildman–Crippen MR) is 96.5 cm³/mol. The minimum absolute atomic E-state index is 0.118. The van der Waals surface area contributed by atoms with Crippen LogP contribution in [0.3, 0.4) is 0 Å². The summed E-state index contributed by atoms with van der Waals surface area (Å²) in [4.78, 5) is 15.6. The van der Waals surface area contributed by atoms with Gasteiger partial charge >= 0.3 is 0 Å². The highest BCUT2D eigenvalue weighted by molar-refractivity contribution is 5.89. The molecule has 0 saturated heterocycles. The highest BCUT2D eigenvalue weighted by atomic mass is 16.1. The molecular weight excluding hydrogens is 300 g/mol. The van der Waals surface area contributed by atoms with Crippen molar-refractivity contribution in [2.45, 2.75) is 40.0 Å². The van der Waals surface area contributed by atoms with E-state index in [1.807, 2.05) is 24.3 Å². The van der Waals surface area contributed by atoms with Crippen molar-refractivity contribution in [3.05, 3.63) is 41.1 Å². The minimum Gasteiger partial charge on any atom is -0.383 e. The van der Waals surface area contributed by atoms with Crippen molar-refractivity contribution in [2.75, 3.05) is 11.1 Å². The normalized spacial score (nSPS) is 10.2. The summed E-state index contributed by atoms with van der Waals surface area (Å²) in [5.41, 5.74) is 10.9. The Labute approximate surface area is 142 Å². The fourth-order valence-corrected chi connectivity index (χ4v) is 2.87. The lowest BCUT2D eigenvalue weighted by atomic mass is 9.91. The lowest BCUT2D eigenvalue weighted by molar-refractivity contribution is -0.114. The van der Waals surface area contributed by atoms with Crippen molar-refractivity contribution in [1.82, 2.24) is 4.98 Å². The molecule has 1 amide bonds. The second-order valence-electron chi connectivity index (χ2n) is 5.65. The number of carbonyl (C=O) groups is 1. The number of nitrogens with one attached hydrogen (secondary N) is 1. The molecule has 124 valence electrons. The van der Waals surface area contributed by atoms with Crippen LogP contribution < -0.4 is 11.1 Å². The molecule has 0 radical (unpaired) electrons. The van der Waals surface area contributed by atoms with Gasteiger partial charge in [-0.2, -0.15) is 5.26 Å². The molecule has 0 atom stereocenters. The first kappa shape index (κ1) is 17.5. The molecule has 1 heterocycles. The summed E-state index contributed by atoms with van der Waals surface area (Å²) in [7, 11) is 0. The van der Waals surface area contributed by atoms with Crippen LogP contribution in [0.4, 0.5) is 11.5 Å². The van der Waals surface area contributed by atoms with Gasteiger partial charge in [0, 0.05) is 23.9 Å². The molecule has 1 aromatic carbocycles. The van der Waals surface area contributed by atoms with Crippen molar-refractivity contribution in [3.63, 3.8) is 0 Å². The van der Waals surface area contributed by atoms with Crippen LogP contribution in [0.2, 0.25) is 0 Å². The number of hydrogen-bond donors (Lipinski definition) is 2. The zero-order valence-electron chi connectivity index (χ0n) is 14.3. The van der Waals surface area contributed by atoms with E-state index in [-0.39, 0.29) is 11.7 Å². The van der Waals surface area contributed by atoms with E-state index in [1.54, 1.807) is 0 Å². The smallest absolute Gasteiger partial charge is 0.221 e. The van der Waals surface area contributed by atoms with Gasteiger partial charge in [-0.15, -0.1) is 0 Å². The van der Waals surface area contributed by atoms with E-state index in [4.69, 9.17) is 5.73 Å². The molecule has 0 saturated carbocycles. The number of nitrogens with two attached hydrogens (primary N) is 1. The van der Waals surface area contributed by atoms with E-state index in [1.165, 1.54) is 6.92 Å². The van der Waals surface area contributed by atoms with Gasteiger partial charge in [-0.25, -0.2) is 4.98 Å². The number of hydrogen-bond acceptors (Lipinski definition) is 4. The van der Waals surface area contributed by atoms with Crippen molar-refractivity contribution >= 4 is 17.4 Å². The average molecular weight is 322 g/mol. The van der Waals surface area contributed by atoms with Gasteiger partial charge in [0.15, 0.2) is 0 Å². The van der Waals surface area contributed by atoms with Crippen LogP contribution in [0.25, 0.3) is 11.1 Å². The molecule has 0 unspecified atom stereocenters. The van der Waals surface area contributed by atoms with Crippen LogP contribution in [0.1, 0.15) is 44.0 Å². The highest BCUT2D eigenvalue weighted by Gasteiger charge is 2.18. The summed E-state index contributed by atoms with van der Waals surface area (Å²) in [6.07, 6.45) is 2.57. The van der Waals surface area contributed by atoms with Crippen LogP contribution >= 0.6 is 0 Å². The van der Waals surface area contributed by atoms with Gasteiger partial charge in [0.05, 0.1) is 0 Å². The molecule has 0 spiro atoms. The minimum atomic E-state index is -0.118. The van der Waals surface area contributed by atoms with Crippen LogP contribution in [0, 0.1) is 11.3 Å². The molecule has 0 aliphatic carbocycles. The van der Waals surface area contributed by atoms with Crippen molar-refractivity contribution in [2.24, 2.45) is 0 Å². The topological polar surface area (TPSA) is 91.8 Å². The molecule has 2 rings (SSSR count). The van der Waals surface area contributed by atoms with Crippen LogP contribution in [-0.4, -0.2) is 10.9 Å². The monoisotopic (exact) mass is 322 g/mol. The van der Waals surface area contributed by atoms with E-state index < -0.39 is 0 Å². The SMILES string of the molecule is CCCc1nc(N)c(C#N)c(-c2ccc(NC(C)=O)cc2)c1CC. The lowest BCUT2D eigenvalue weighted by Crippen LogP contribution is -2.08. The Hall–Kier alpha value is -2.87. The number of aromatic nitrogens is 1. The van der Waals surface area contributed by atoms with Crippen molar-refractivity contribution in [1.29, 1.82) is 5.26 Å². The molecule has 24 heavy (non-hydrogen) atoms. The van der Waals surface area contributed by atoms with Gasteiger partial charge in [-0.05, 0) is 36.1 Å². The largest absolute Gasteiger partial charge is 0.383 e. The van der Waals surface area contributed by atoms with Crippen molar-refractivity contribution in [3.8, 4) is 17.2 Å². The molecule has 3 N–H and O–H groups in total. The molecule has 5 heteroatoms. The average Bonchev–Trinajstić information content (AvgIpc) is 2.55. The highest BCUT2D eigenvalue weighted by Crippen LogP contribution is 2.33. The van der Waals surface area contributed by atoms with Crippen LogP contribution in [0.15, 0.2) is 24.3 Å². The first-order valence-corrected chi connectivity index (χ1v) is 8.11. The molecule has 2 aromatic rings. The summed E-state index contributed by atoms with van der Waals surface area (Å²) in [6, 6.07) is 9.65. The van der Waals surface area contributed by atoms with E-state index >= 15 is 0 Å². The van der Waals surface area contributed by atoms with Gasteiger partial charge in [0.2, 0.25) is 5.91 Å². The van der Waals surface area contributed by atoms with Gasteiger partial charge in [-0.1, -0.05) is 32.4 Å². The first-order chi connectivity index (χ1) is 11.5. The number of pyridine rings is 1. The van der Waals surface area contributed by atoms with E-state index in [9.17, 15) is 10.1 Å². The molecule has 0 aliphatic rings. The third-order valence-electron chi connectivity index (χ3n) is 3.86. The van der Waals surface area contributed by atoms with Gasteiger partial charge in [0.1, 0.15) is 17.5 Å². The number of benzene rings is 1. The lowest BCUT2D eigenvalue weighted by Gasteiger charge is -2.16. The molecule has 0 bridgehead atoms. The number of anilines is 2.